The third kappa shape index (κ3) is 2.93. The van der Waals surface area contributed by atoms with Crippen molar-refractivity contribution in [1.29, 1.82) is 0 Å². The molecule has 0 unspecified atom stereocenters. The monoisotopic (exact) mass is 274 g/mol. The number of hydrogen-bond acceptors (Lipinski definition) is 4. The zero-order chi connectivity index (χ0) is 13.9. The van der Waals surface area contributed by atoms with Gasteiger partial charge in [0.25, 0.3) is 0 Å². The van der Waals surface area contributed by atoms with E-state index in [0.29, 0.717) is 23.0 Å². The molecule has 0 saturated heterocycles. The SMILES string of the molecule is CCCNCc1c(C)oc(C)c1S(=O)(=O)N(C)C. The predicted molar refractivity (Wildman–Crippen MR) is 71.1 cm³/mol. The summed E-state index contributed by atoms with van der Waals surface area (Å²) in [7, 11) is -0.399. The Hall–Kier alpha value is -0.850. The van der Waals surface area contributed by atoms with Crippen LogP contribution in [0.25, 0.3) is 0 Å². The largest absolute Gasteiger partial charge is 0.465 e. The van der Waals surface area contributed by atoms with E-state index in [9.17, 15) is 8.42 Å². The third-order valence-corrected chi connectivity index (χ3v) is 4.80. The van der Waals surface area contributed by atoms with Crippen molar-refractivity contribution in [3.05, 3.63) is 17.1 Å². The van der Waals surface area contributed by atoms with Gasteiger partial charge in [0.2, 0.25) is 10.0 Å². The maximum Gasteiger partial charge on any atom is 0.246 e. The quantitative estimate of drug-likeness (QED) is 0.801. The summed E-state index contributed by atoms with van der Waals surface area (Å²) in [5.41, 5.74) is 0.731. The van der Waals surface area contributed by atoms with Crippen LogP contribution in [-0.2, 0) is 16.6 Å². The van der Waals surface area contributed by atoms with Crippen LogP contribution in [0.5, 0.6) is 0 Å². The lowest BCUT2D eigenvalue weighted by Crippen LogP contribution is -2.25. The van der Waals surface area contributed by atoms with Crippen molar-refractivity contribution in [2.24, 2.45) is 0 Å². The molecule has 0 bridgehead atoms. The Morgan fingerprint density at radius 3 is 2.33 bits per heavy atom. The molecule has 1 heterocycles. The smallest absolute Gasteiger partial charge is 0.246 e. The highest BCUT2D eigenvalue weighted by atomic mass is 32.2. The first kappa shape index (κ1) is 15.2. The van der Waals surface area contributed by atoms with Crippen molar-refractivity contribution >= 4 is 10.0 Å². The van der Waals surface area contributed by atoms with Gasteiger partial charge in [-0.05, 0) is 26.8 Å². The predicted octanol–water partition coefficient (Wildman–Crippen LogP) is 1.65. The van der Waals surface area contributed by atoms with Gasteiger partial charge in [-0.3, -0.25) is 0 Å². The standard InChI is InChI=1S/C12H22N2O3S/c1-6-7-13-8-11-9(2)17-10(3)12(11)18(15,16)14(4)5/h13H,6-8H2,1-5H3. The van der Waals surface area contributed by atoms with Gasteiger partial charge in [-0.1, -0.05) is 6.92 Å². The lowest BCUT2D eigenvalue weighted by Gasteiger charge is -2.12. The lowest BCUT2D eigenvalue weighted by atomic mass is 10.2. The normalized spacial score (nSPS) is 12.3. The Bertz CT molecular complexity index is 504. The number of rotatable bonds is 6. The Balaban J connectivity index is 3.19. The van der Waals surface area contributed by atoms with Crippen molar-refractivity contribution in [1.82, 2.24) is 9.62 Å². The van der Waals surface area contributed by atoms with Gasteiger partial charge in [-0.25, -0.2) is 12.7 Å². The first-order chi connectivity index (χ1) is 8.32. The summed E-state index contributed by atoms with van der Waals surface area (Å²) >= 11 is 0. The van der Waals surface area contributed by atoms with Gasteiger partial charge in [0.1, 0.15) is 16.4 Å². The molecule has 5 nitrogen and oxygen atoms in total. The van der Waals surface area contributed by atoms with Crippen LogP contribution in [0, 0.1) is 13.8 Å². The highest BCUT2D eigenvalue weighted by Gasteiger charge is 2.28. The number of sulfonamides is 1. The Kier molecular flexibility index (Phi) is 4.95. The Morgan fingerprint density at radius 1 is 1.22 bits per heavy atom. The molecule has 1 rings (SSSR count). The van der Waals surface area contributed by atoms with Crippen molar-refractivity contribution in [3.63, 3.8) is 0 Å². The summed E-state index contributed by atoms with van der Waals surface area (Å²) in [6.07, 6.45) is 1.01. The van der Waals surface area contributed by atoms with Gasteiger partial charge in [-0.15, -0.1) is 0 Å². The van der Waals surface area contributed by atoms with Crippen molar-refractivity contribution in [2.45, 2.75) is 38.6 Å². The maximum absolute atomic E-state index is 12.3. The highest BCUT2D eigenvalue weighted by molar-refractivity contribution is 7.89. The summed E-state index contributed by atoms with van der Waals surface area (Å²) in [6.45, 7) is 6.92. The number of furan rings is 1. The molecule has 18 heavy (non-hydrogen) atoms. The molecule has 1 aromatic heterocycles. The Morgan fingerprint density at radius 2 is 1.83 bits per heavy atom. The molecule has 0 aliphatic carbocycles. The van der Waals surface area contributed by atoms with Crippen LogP contribution in [0.3, 0.4) is 0 Å². The molecule has 104 valence electrons. The van der Waals surface area contributed by atoms with E-state index in [1.165, 1.54) is 18.4 Å². The second-order valence-corrected chi connectivity index (χ2v) is 6.57. The molecule has 0 spiro atoms. The van der Waals surface area contributed by atoms with Crippen LogP contribution >= 0.6 is 0 Å². The lowest BCUT2D eigenvalue weighted by molar-refractivity contribution is 0.487. The van der Waals surface area contributed by atoms with Crippen molar-refractivity contribution < 1.29 is 12.8 Å². The first-order valence-corrected chi connectivity index (χ1v) is 7.48. The van der Waals surface area contributed by atoms with E-state index in [2.05, 4.69) is 12.2 Å². The Labute approximate surface area is 109 Å². The fourth-order valence-corrected chi connectivity index (χ4v) is 3.12. The fourth-order valence-electron chi connectivity index (χ4n) is 1.82. The van der Waals surface area contributed by atoms with Crippen molar-refractivity contribution in [3.8, 4) is 0 Å². The molecular formula is C12H22N2O3S. The summed E-state index contributed by atoms with van der Waals surface area (Å²) in [5, 5.41) is 3.21. The average molecular weight is 274 g/mol. The van der Waals surface area contributed by atoms with Crippen LogP contribution in [-0.4, -0.2) is 33.4 Å². The zero-order valence-corrected chi connectivity index (χ0v) is 12.5. The van der Waals surface area contributed by atoms with Crippen LogP contribution in [0.4, 0.5) is 0 Å². The minimum atomic E-state index is -3.45. The number of nitrogens with one attached hydrogen (secondary N) is 1. The van der Waals surface area contributed by atoms with Crippen LogP contribution in [0.15, 0.2) is 9.31 Å². The minimum Gasteiger partial charge on any atom is -0.465 e. The number of hydrogen-bond donors (Lipinski definition) is 1. The molecule has 6 heteroatoms. The van der Waals surface area contributed by atoms with E-state index in [1.54, 1.807) is 13.8 Å². The molecule has 0 radical (unpaired) electrons. The molecule has 0 aliphatic rings. The zero-order valence-electron chi connectivity index (χ0n) is 11.7. The summed E-state index contributed by atoms with van der Waals surface area (Å²) in [5.74, 6) is 1.12. The summed E-state index contributed by atoms with van der Waals surface area (Å²) < 4.78 is 31.2. The molecule has 0 amide bonds. The first-order valence-electron chi connectivity index (χ1n) is 6.04. The average Bonchev–Trinajstić information content (AvgIpc) is 2.54. The molecule has 0 saturated carbocycles. The molecule has 0 aliphatic heterocycles. The van der Waals surface area contributed by atoms with Gasteiger partial charge in [0.15, 0.2) is 0 Å². The van der Waals surface area contributed by atoms with Gasteiger partial charge < -0.3 is 9.73 Å². The van der Waals surface area contributed by atoms with E-state index < -0.39 is 10.0 Å². The molecule has 0 atom stereocenters. The van der Waals surface area contributed by atoms with Crippen LogP contribution in [0.2, 0.25) is 0 Å². The molecule has 0 fully saturated rings. The third-order valence-electron chi connectivity index (χ3n) is 2.79. The molecular weight excluding hydrogens is 252 g/mol. The van der Waals surface area contributed by atoms with Gasteiger partial charge in [0.05, 0.1) is 0 Å². The minimum absolute atomic E-state index is 0.300. The van der Waals surface area contributed by atoms with Gasteiger partial charge in [-0.2, -0.15) is 0 Å². The molecule has 1 aromatic rings. The van der Waals surface area contributed by atoms with Gasteiger partial charge >= 0.3 is 0 Å². The summed E-state index contributed by atoms with van der Waals surface area (Å²) in [6, 6.07) is 0. The van der Waals surface area contributed by atoms with E-state index in [4.69, 9.17) is 4.42 Å². The van der Waals surface area contributed by atoms with E-state index in [0.717, 1.165) is 18.5 Å². The van der Waals surface area contributed by atoms with Crippen molar-refractivity contribution in [2.75, 3.05) is 20.6 Å². The second kappa shape index (κ2) is 5.86. The van der Waals surface area contributed by atoms with E-state index in [1.807, 2.05) is 0 Å². The summed E-state index contributed by atoms with van der Waals surface area (Å²) in [4.78, 5) is 0.300. The van der Waals surface area contributed by atoms with Crippen LogP contribution < -0.4 is 5.32 Å². The highest BCUT2D eigenvalue weighted by Crippen LogP contribution is 2.28. The topological polar surface area (TPSA) is 62.6 Å². The number of aryl methyl sites for hydroxylation is 2. The molecule has 0 aromatic carbocycles. The maximum atomic E-state index is 12.3. The fraction of sp³-hybridized carbons (Fsp3) is 0.667. The second-order valence-electron chi connectivity index (χ2n) is 4.49. The van der Waals surface area contributed by atoms with Gasteiger partial charge in [0, 0.05) is 26.2 Å². The van der Waals surface area contributed by atoms with Crippen LogP contribution in [0.1, 0.15) is 30.4 Å². The number of nitrogens with zero attached hydrogens (tertiary/aromatic N) is 1. The van der Waals surface area contributed by atoms with E-state index in [-0.39, 0.29) is 0 Å². The van der Waals surface area contributed by atoms with E-state index >= 15 is 0 Å². The molecule has 1 N–H and O–H groups in total.